The first-order valence-corrected chi connectivity index (χ1v) is 11.7. The predicted octanol–water partition coefficient (Wildman–Crippen LogP) is 4.65. The van der Waals surface area contributed by atoms with Crippen LogP contribution in [0.15, 0.2) is 60.7 Å². The molecule has 0 bridgehead atoms. The van der Waals surface area contributed by atoms with Crippen LogP contribution in [0.1, 0.15) is 28.8 Å². The third-order valence-electron chi connectivity index (χ3n) is 5.81. The molecule has 12 nitrogen and oxygen atoms in total. The standard InChI is InChI=1S/C26H24N4O8/c1-17-4-7-22(8-5-17)37-11-3-2-10-28-23-14-19(6-9-24(23)38-16-25(28)31)27-26(32)18-12-20(29(33)34)15-21(13-18)30(35)36/h4-9,12-15H,2-3,10-11,16H2,1H3,(H,27,32). The Morgan fingerprint density at radius 3 is 2.34 bits per heavy atom. The SMILES string of the molecule is Cc1ccc(OCCCCN2C(=O)COc3ccc(NC(=O)c4cc([N+](=O)[O-])cc([N+](=O)[O-])c4)cc32)cc1. The summed E-state index contributed by atoms with van der Waals surface area (Å²) in [7, 11) is 0. The number of anilines is 2. The fourth-order valence-corrected chi connectivity index (χ4v) is 3.86. The molecule has 3 aromatic rings. The van der Waals surface area contributed by atoms with E-state index >= 15 is 0 Å². The molecule has 0 fully saturated rings. The van der Waals surface area contributed by atoms with Crippen LogP contribution in [0.3, 0.4) is 0 Å². The number of rotatable bonds is 10. The number of nitro groups is 2. The van der Waals surface area contributed by atoms with Gasteiger partial charge in [0.05, 0.1) is 33.8 Å². The monoisotopic (exact) mass is 520 g/mol. The number of aryl methyl sites for hydroxylation is 1. The second-order valence-electron chi connectivity index (χ2n) is 8.59. The minimum Gasteiger partial charge on any atom is -0.494 e. The van der Waals surface area contributed by atoms with E-state index in [1.165, 1.54) is 0 Å². The summed E-state index contributed by atoms with van der Waals surface area (Å²) >= 11 is 0. The highest BCUT2D eigenvalue weighted by Crippen LogP contribution is 2.35. The van der Waals surface area contributed by atoms with Gasteiger partial charge in [0.25, 0.3) is 23.2 Å². The summed E-state index contributed by atoms with van der Waals surface area (Å²) in [4.78, 5) is 47.6. The fraction of sp³-hybridized carbons (Fsp3) is 0.231. The molecule has 0 atom stereocenters. The van der Waals surface area contributed by atoms with E-state index in [1.54, 1.807) is 23.1 Å². The van der Waals surface area contributed by atoms with E-state index in [1.807, 2.05) is 31.2 Å². The molecule has 0 saturated carbocycles. The number of amides is 2. The van der Waals surface area contributed by atoms with Gasteiger partial charge in [0, 0.05) is 24.4 Å². The van der Waals surface area contributed by atoms with Gasteiger partial charge >= 0.3 is 0 Å². The van der Waals surface area contributed by atoms with E-state index < -0.39 is 27.1 Å². The lowest BCUT2D eigenvalue weighted by Crippen LogP contribution is -2.39. The Kier molecular flexibility index (Phi) is 7.80. The second-order valence-corrected chi connectivity index (χ2v) is 8.59. The predicted molar refractivity (Wildman–Crippen MR) is 138 cm³/mol. The van der Waals surface area contributed by atoms with Crippen LogP contribution in [0.4, 0.5) is 22.7 Å². The number of fused-ring (bicyclic) bond motifs is 1. The Morgan fingerprint density at radius 2 is 1.68 bits per heavy atom. The van der Waals surface area contributed by atoms with Gasteiger partial charge in [-0.15, -0.1) is 0 Å². The Labute approximate surface area is 217 Å². The molecule has 196 valence electrons. The van der Waals surface area contributed by atoms with Gasteiger partial charge in [-0.05, 0) is 50.1 Å². The molecule has 2 amide bonds. The van der Waals surface area contributed by atoms with Gasteiger partial charge in [-0.25, -0.2) is 0 Å². The highest BCUT2D eigenvalue weighted by atomic mass is 16.6. The van der Waals surface area contributed by atoms with Gasteiger partial charge in [-0.3, -0.25) is 29.8 Å². The molecule has 3 aromatic carbocycles. The molecule has 0 aromatic heterocycles. The normalized spacial score (nSPS) is 12.3. The third kappa shape index (κ3) is 6.22. The lowest BCUT2D eigenvalue weighted by atomic mass is 10.1. The van der Waals surface area contributed by atoms with Crippen LogP contribution >= 0.6 is 0 Å². The van der Waals surface area contributed by atoms with Crippen molar-refractivity contribution in [2.24, 2.45) is 0 Å². The van der Waals surface area contributed by atoms with Crippen LogP contribution < -0.4 is 19.7 Å². The van der Waals surface area contributed by atoms with E-state index in [0.717, 1.165) is 29.5 Å². The highest BCUT2D eigenvalue weighted by molar-refractivity contribution is 6.06. The Hall–Kier alpha value is -5.00. The number of nitrogens with one attached hydrogen (secondary N) is 1. The van der Waals surface area contributed by atoms with Gasteiger partial charge in [-0.1, -0.05) is 17.7 Å². The zero-order chi connectivity index (χ0) is 27.2. The number of ether oxygens (including phenoxy) is 2. The Morgan fingerprint density at radius 1 is 1.00 bits per heavy atom. The lowest BCUT2D eigenvalue weighted by Gasteiger charge is -2.30. The molecule has 0 spiro atoms. The maximum atomic E-state index is 12.8. The molecule has 38 heavy (non-hydrogen) atoms. The van der Waals surface area contributed by atoms with E-state index in [4.69, 9.17) is 9.47 Å². The van der Waals surface area contributed by atoms with Crippen molar-refractivity contribution >= 4 is 34.6 Å². The van der Waals surface area contributed by atoms with Crippen molar-refractivity contribution in [3.05, 3.63) is 92.0 Å². The van der Waals surface area contributed by atoms with Crippen LogP contribution in [0.25, 0.3) is 0 Å². The Bertz CT molecular complexity index is 1360. The summed E-state index contributed by atoms with van der Waals surface area (Å²) < 4.78 is 11.2. The number of unbranched alkanes of at least 4 members (excludes halogenated alkanes) is 1. The molecule has 1 aliphatic rings. The van der Waals surface area contributed by atoms with Crippen molar-refractivity contribution in [3.63, 3.8) is 0 Å². The molecule has 1 N–H and O–H groups in total. The average molecular weight is 520 g/mol. The number of hydrogen-bond acceptors (Lipinski definition) is 8. The number of nitrogens with zero attached hydrogens (tertiary/aromatic N) is 3. The number of carbonyl (C=O) groups is 2. The van der Waals surface area contributed by atoms with Crippen molar-refractivity contribution < 1.29 is 28.9 Å². The van der Waals surface area contributed by atoms with Gasteiger partial charge < -0.3 is 19.7 Å². The molecule has 4 rings (SSSR count). The summed E-state index contributed by atoms with van der Waals surface area (Å²) in [5, 5.41) is 24.9. The van der Waals surface area contributed by atoms with Crippen molar-refractivity contribution in [1.29, 1.82) is 0 Å². The summed E-state index contributed by atoms with van der Waals surface area (Å²) in [6, 6.07) is 15.1. The van der Waals surface area contributed by atoms with Crippen LogP contribution in [-0.4, -0.2) is 41.4 Å². The average Bonchev–Trinajstić information content (AvgIpc) is 2.90. The number of carbonyl (C=O) groups excluding carboxylic acids is 2. The topological polar surface area (TPSA) is 154 Å². The number of nitro benzene ring substituents is 2. The summed E-state index contributed by atoms with van der Waals surface area (Å²) in [5.74, 6) is 0.219. The van der Waals surface area contributed by atoms with Crippen LogP contribution in [0, 0.1) is 27.2 Å². The quantitative estimate of drug-likeness (QED) is 0.230. The first-order chi connectivity index (χ1) is 18.2. The fourth-order valence-electron chi connectivity index (χ4n) is 3.86. The minimum absolute atomic E-state index is 0.115. The minimum atomic E-state index is -0.810. The zero-order valence-electron chi connectivity index (χ0n) is 20.4. The highest BCUT2D eigenvalue weighted by Gasteiger charge is 2.26. The van der Waals surface area contributed by atoms with Gasteiger partial charge in [0.15, 0.2) is 6.61 Å². The summed E-state index contributed by atoms with van der Waals surface area (Å²) in [5.41, 5.74) is 0.486. The van der Waals surface area contributed by atoms with Crippen LogP contribution in [-0.2, 0) is 4.79 Å². The first kappa shape index (κ1) is 26.1. The molecule has 0 unspecified atom stereocenters. The molecule has 0 aliphatic carbocycles. The summed E-state index contributed by atoms with van der Waals surface area (Å²) in [6.07, 6.45) is 1.36. The van der Waals surface area contributed by atoms with Crippen LogP contribution in [0.5, 0.6) is 11.5 Å². The Balaban J connectivity index is 1.43. The first-order valence-electron chi connectivity index (χ1n) is 11.7. The largest absolute Gasteiger partial charge is 0.494 e. The van der Waals surface area contributed by atoms with Crippen molar-refractivity contribution in [2.45, 2.75) is 19.8 Å². The number of non-ortho nitro benzene ring substituents is 2. The van der Waals surface area contributed by atoms with E-state index in [2.05, 4.69) is 5.32 Å². The molecule has 1 aliphatic heterocycles. The van der Waals surface area contributed by atoms with Crippen molar-refractivity contribution in [3.8, 4) is 11.5 Å². The maximum absolute atomic E-state index is 12.8. The molecule has 0 radical (unpaired) electrons. The van der Waals surface area contributed by atoms with Crippen molar-refractivity contribution in [1.82, 2.24) is 0 Å². The van der Waals surface area contributed by atoms with Gasteiger partial charge in [0.1, 0.15) is 11.5 Å². The van der Waals surface area contributed by atoms with E-state index in [0.29, 0.717) is 37.4 Å². The van der Waals surface area contributed by atoms with Crippen LogP contribution in [0.2, 0.25) is 0 Å². The molecular formula is C26H24N4O8. The summed E-state index contributed by atoms with van der Waals surface area (Å²) in [6.45, 7) is 2.77. The van der Waals surface area contributed by atoms with Gasteiger partial charge in [-0.2, -0.15) is 0 Å². The molecule has 1 heterocycles. The molecule has 0 saturated heterocycles. The molecular weight excluding hydrogens is 496 g/mol. The lowest BCUT2D eigenvalue weighted by molar-refractivity contribution is -0.394. The molecule has 12 heteroatoms. The van der Waals surface area contributed by atoms with Crippen molar-refractivity contribution in [2.75, 3.05) is 30.0 Å². The van der Waals surface area contributed by atoms with E-state index in [-0.39, 0.29) is 23.8 Å². The third-order valence-corrected chi connectivity index (χ3v) is 5.81. The number of benzene rings is 3. The van der Waals surface area contributed by atoms with E-state index in [9.17, 15) is 29.8 Å². The second kappa shape index (κ2) is 11.4. The maximum Gasteiger partial charge on any atom is 0.277 e. The smallest absolute Gasteiger partial charge is 0.277 e. The number of hydrogen-bond donors (Lipinski definition) is 1. The van der Waals surface area contributed by atoms with Gasteiger partial charge in [0.2, 0.25) is 0 Å². The zero-order valence-corrected chi connectivity index (χ0v) is 20.4.